The van der Waals surface area contributed by atoms with Gasteiger partial charge in [-0.1, -0.05) is 30.3 Å². The van der Waals surface area contributed by atoms with Gasteiger partial charge in [-0.2, -0.15) is 0 Å². The summed E-state index contributed by atoms with van der Waals surface area (Å²) in [7, 11) is 2.17. The molecule has 1 aliphatic rings. The van der Waals surface area contributed by atoms with Crippen molar-refractivity contribution in [1.82, 2.24) is 9.80 Å². The summed E-state index contributed by atoms with van der Waals surface area (Å²) in [5.41, 5.74) is 7.03. The minimum absolute atomic E-state index is 0.696. The first kappa shape index (κ1) is 13.5. The van der Waals surface area contributed by atoms with Gasteiger partial charge >= 0.3 is 0 Å². The van der Waals surface area contributed by atoms with E-state index < -0.39 is 0 Å². The van der Waals surface area contributed by atoms with Crippen molar-refractivity contribution in [3.05, 3.63) is 35.9 Å². The van der Waals surface area contributed by atoms with E-state index in [9.17, 15) is 0 Å². The summed E-state index contributed by atoms with van der Waals surface area (Å²) in [6, 6.07) is 11.5. The highest BCUT2D eigenvalue weighted by Gasteiger charge is 2.25. The Morgan fingerprint density at radius 3 is 2.83 bits per heavy atom. The van der Waals surface area contributed by atoms with Gasteiger partial charge in [0, 0.05) is 32.2 Å². The molecule has 1 aliphatic heterocycles. The largest absolute Gasteiger partial charge is 0.329 e. The number of benzene rings is 1. The van der Waals surface area contributed by atoms with Crippen LogP contribution < -0.4 is 5.73 Å². The van der Waals surface area contributed by atoms with Gasteiger partial charge < -0.3 is 10.6 Å². The topological polar surface area (TPSA) is 32.5 Å². The van der Waals surface area contributed by atoms with Gasteiger partial charge in [0.25, 0.3) is 0 Å². The SMILES string of the molecule is CN(CCN)CC1CCCN1Cc1ccccc1. The lowest BCUT2D eigenvalue weighted by atomic mass is 10.1. The predicted octanol–water partition coefficient (Wildman–Crippen LogP) is 1.54. The summed E-state index contributed by atoms with van der Waals surface area (Å²) in [6.45, 7) is 5.21. The van der Waals surface area contributed by atoms with E-state index in [0.717, 1.165) is 26.2 Å². The summed E-state index contributed by atoms with van der Waals surface area (Å²) >= 11 is 0. The molecule has 18 heavy (non-hydrogen) atoms. The van der Waals surface area contributed by atoms with Gasteiger partial charge in [0.2, 0.25) is 0 Å². The smallest absolute Gasteiger partial charge is 0.0237 e. The van der Waals surface area contributed by atoms with E-state index in [1.165, 1.54) is 24.9 Å². The van der Waals surface area contributed by atoms with Crippen molar-refractivity contribution in [3.63, 3.8) is 0 Å². The Balaban J connectivity index is 1.87. The average molecular weight is 247 g/mol. The molecular formula is C15H25N3. The fourth-order valence-electron chi connectivity index (χ4n) is 2.80. The quantitative estimate of drug-likeness (QED) is 0.827. The third-order valence-corrected chi connectivity index (χ3v) is 3.76. The van der Waals surface area contributed by atoms with Crippen LogP contribution in [0.2, 0.25) is 0 Å². The van der Waals surface area contributed by atoms with Crippen LogP contribution in [0.3, 0.4) is 0 Å². The third kappa shape index (κ3) is 3.80. The van der Waals surface area contributed by atoms with Gasteiger partial charge in [-0.05, 0) is 32.0 Å². The predicted molar refractivity (Wildman–Crippen MR) is 76.4 cm³/mol. The molecule has 1 atom stereocenters. The molecule has 0 amide bonds. The third-order valence-electron chi connectivity index (χ3n) is 3.76. The van der Waals surface area contributed by atoms with Gasteiger partial charge in [0.05, 0.1) is 0 Å². The number of hydrogen-bond acceptors (Lipinski definition) is 3. The molecule has 0 aliphatic carbocycles. The summed E-state index contributed by atoms with van der Waals surface area (Å²) < 4.78 is 0. The summed E-state index contributed by atoms with van der Waals surface area (Å²) in [4.78, 5) is 4.97. The van der Waals surface area contributed by atoms with Gasteiger partial charge in [-0.15, -0.1) is 0 Å². The zero-order valence-electron chi connectivity index (χ0n) is 11.4. The van der Waals surface area contributed by atoms with Crippen molar-refractivity contribution >= 4 is 0 Å². The maximum atomic E-state index is 5.61. The number of likely N-dealkylation sites (tertiary alicyclic amines) is 1. The Morgan fingerprint density at radius 1 is 1.33 bits per heavy atom. The molecule has 1 aromatic rings. The Hall–Kier alpha value is -0.900. The van der Waals surface area contributed by atoms with Crippen molar-refractivity contribution in [1.29, 1.82) is 0 Å². The molecule has 0 saturated carbocycles. The van der Waals surface area contributed by atoms with Gasteiger partial charge in [-0.25, -0.2) is 0 Å². The van der Waals surface area contributed by atoms with E-state index in [4.69, 9.17) is 5.73 Å². The molecule has 1 unspecified atom stereocenters. The van der Waals surface area contributed by atoms with Gasteiger partial charge in [0.15, 0.2) is 0 Å². The molecule has 100 valence electrons. The van der Waals surface area contributed by atoms with E-state index >= 15 is 0 Å². The molecule has 3 heteroatoms. The highest BCUT2D eigenvalue weighted by Crippen LogP contribution is 2.20. The van der Waals surface area contributed by atoms with Crippen LogP contribution in [0.25, 0.3) is 0 Å². The molecule has 2 rings (SSSR count). The van der Waals surface area contributed by atoms with Crippen LogP contribution in [0.4, 0.5) is 0 Å². The van der Waals surface area contributed by atoms with Gasteiger partial charge in [0.1, 0.15) is 0 Å². The molecule has 0 bridgehead atoms. The van der Waals surface area contributed by atoms with E-state index in [2.05, 4.69) is 47.2 Å². The second-order valence-corrected chi connectivity index (χ2v) is 5.30. The lowest BCUT2D eigenvalue weighted by Gasteiger charge is -2.28. The van der Waals surface area contributed by atoms with Crippen LogP contribution in [-0.4, -0.2) is 49.1 Å². The number of hydrogen-bond donors (Lipinski definition) is 1. The van der Waals surface area contributed by atoms with Crippen LogP contribution in [0, 0.1) is 0 Å². The summed E-state index contributed by atoms with van der Waals surface area (Å²) in [5.74, 6) is 0. The van der Waals surface area contributed by atoms with Crippen LogP contribution in [0.15, 0.2) is 30.3 Å². The zero-order valence-corrected chi connectivity index (χ0v) is 11.4. The molecule has 1 saturated heterocycles. The Labute approximate surface area is 111 Å². The number of nitrogens with two attached hydrogens (primary N) is 1. The maximum Gasteiger partial charge on any atom is 0.0237 e. The Morgan fingerprint density at radius 2 is 2.11 bits per heavy atom. The highest BCUT2D eigenvalue weighted by molar-refractivity contribution is 5.14. The van der Waals surface area contributed by atoms with Crippen molar-refractivity contribution < 1.29 is 0 Å². The van der Waals surface area contributed by atoms with E-state index in [1.807, 2.05) is 0 Å². The number of nitrogens with zero attached hydrogens (tertiary/aromatic N) is 2. The molecule has 2 N–H and O–H groups in total. The van der Waals surface area contributed by atoms with Crippen molar-refractivity contribution in [2.45, 2.75) is 25.4 Å². The monoisotopic (exact) mass is 247 g/mol. The van der Waals surface area contributed by atoms with Crippen molar-refractivity contribution in [3.8, 4) is 0 Å². The molecule has 0 radical (unpaired) electrons. The first-order valence-electron chi connectivity index (χ1n) is 6.96. The van der Waals surface area contributed by atoms with E-state index in [1.54, 1.807) is 0 Å². The van der Waals surface area contributed by atoms with E-state index in [-0.39, 0.29) is 0 Å². The highest BCUT2D eigenvalue weighted by atomic mass is 15.2. The normalized spacial score (nSPS) is 20.7. The first-order chi connectivity index (χ1) is 8.79. The lowest BCUT2D eigenvalue weighted by Crippen LogP contribution is -2.40. The van der Waals surface area contributed by atoms with E-state index in [0.29, 0.717) is 6.04 Å². The average Bonchev–Trinajstić information content (AvgIpc) is 2.78. The molecule has 0 spiro atoms. The standard InChI is InChI=1S/C15H25N3/c1-17(11-9-16)13-15-8-5-10-18(15)12-14-6-3-2-4-7-14/h2-4,6-7,15H,5,8-13,16H2,1H3. The Kier molecular flexibility index (Phi) is 5.17. The minimum atomic E-state index is 0.696. The summed E-state index contributed by atoms with van der Waals surface area (Å²) in [6.07, 6.45) is 2.65. The minimum Gasteiger partial charge on any atom is -0.329 e. The number of rotatable bonds is 6. The fourth-order valence-corrected chi connectivity index (χ4v) is 2.80. The first-order valence-corrected chi connectivity index (χ1v) is 6.96. The molecule has 1 heterocycles. The second-order valence-electron chi connectivity index (χ2n) is 5.30. The van der Waals surface area contributed by atoms with Crippen molar-refractivity contribution in [2.24, 2.45) is 5.73 Å². The molecule has 0 aromatic heterocycles. The maximum absolute atomic E-state index is 5.61. The number of likely N-dealkylation sites (N-methyl/N-ethyl adjacent to an activating group) is 1. The molecule has 1 aromatic carbocycles. The zero-order chi connectivity index (χ0) is 12.8. The lowest BCUT2D eigenvalue weighted by molar-refractivity contribution is 0.188. The van der Waals surface area contributed by atoms with Crippen LogP contribution in [0.5, 0.6) is 0 Å². The summed E-state index contributed by atoms with van der Waals surface area (Å²) in [5, 5.41) is 0. The molecule has 3 nitrogen and oxygen atoms in total. The molecule has 1 fully saturated rings. The molecular weight excluding hydrogens is 222 g/mol. The Bertz CT molecular complexity index is 339. The van der Waals surface area contributed by atoms with Gasteiger partial charge in [-0.3, -0.25) is 4.90 Å². The van der Waals surface area contributed by atoms with Crippen molar-refractivity contribution in [2.75, 3.05) is 33.2 Å². The fraction of sp³-hybridized carbons (Fsp3) is 0.600. The van der Waals surface area contributed by atoms with Crippen LogP contribution >= 0.6 is 0 Å². The van der Waals surface area contributed by atoms with Crippen LogP contribution in [0.1, 0.15) is 18.4 Å². The second kappa shape index (κ2) is 6.88. The van der Waals surface area contributed by atoms with Crippen LogP contribution in [-0.2, 0) is 6.54 Å².